The smallest absolute Gasteiger partial charge is 0.261 e. The van der Waals surface area contributed by atoms with Crippen LogP contribution in [-0.4, -0.2) is 53.9 Å². The summed E-state index contributed by atoms with van der Waals surface area (Å²) >= 11 is 7.10. The van der Waals surface area contributed by atoms with E-state index in [1.54, 1.807) is 12.3 Å². The zero-order chi connectivity index (χ0) is 15.7. The zero-order valence-electron chi connectivity index (χ0n) is 11.8. The van der Waals surface area contributed by atoms with Gasteiger partial charge in [-0.2, -0.15) is 4.31 Å². The third kappa shape index (κ3) is 3.07. The molecule has 22 heavy (non-hydrogen) atoms. The minimum absolute atomic E-state index is 0.131. The van der Waals surface area contributed by atoms with Crippen LogP contribution in [0.1, 0.15) is 5.01 Å². The average molecular weight is 360 g/mol. The summed E-state index contributed by atoms with van der Waals surface area (Å²) in [6.07, 6.45) is 3.07. The van der Waals surface area contributed by atoms with Gasteiger partial charge >= 0.3 is 0 Å². The van der Waals surface area contributed by atoms with Crippen molar-refractivity contribution >= 4 is 38.9 Å². The standard InChI is InChI=1S/C12H14ClN5O2S2/c1-9-16-11(8-21-9)22(19,20)18-4-2-17(3-5-18)12-14-6-10(13)7-15-12/h6-8H,2-5H2,1H3. The number of hydrogen-bond acceptors (Lipinski definition) is 7. The number of aryl methyl sites for hydroxylation is 1. The molecule has 0 bridgehead atoms. The van der Waals surface area contributed by atoms with E-state index in [9.17, 15) is 8.42 Å². The van der Waals surface area contributed by atoms with Gasteiger partial charge in [-0.1, -0.05) is 11.6 Å². The molecule has 0 aromatic carbocycles. The molecule has 7 nitrogen and oxygen atoms in total. The maximum atomic E-state index is 12.5. The van der Waals surface area contributed by atoms with Gasteiger partial charge < -0.3 is 4.90 Å². The lowest BCUT2D eigenvalue weighted by molar-refractivity contribution is 0.381. The molecule has 1 aliphatic heterocycles. The summed E-state index contributed by atoms with van der Waals surface area (Å²) < 4.78 is 26.4. The SMILES string of the molecule is Cc1nc(S(=O)(=O)N2CCN(c3ncc(Cl)cn3)CC2)cs1. The molecule has 0 radical (unpaired) electrons. The number of sulfonamides is 1. The van der Waals surface area contributed by atoms with Gasteiger partial charge in [0.1, 0.15) is 0 Å². The van der Waals surface area contributed by atoms with Gasteiger partial charge in [-0.15, -0.1) is 11.3 Å². The Kier molecular flexibility index (Phi) is 4.31. The van der Waals surface area contributed by atoms with Crippen LogP contribution in [0.25, 0.3) is 0 Å². The molecule has 0 unspecified atom stereocenters. The summed E-state index contributed by atoms with van der Waals surface area (Å²) in [6, 6.07) is 0. The molecule has 118 valence electrons. The van der Waals surface area contributed by atoms with Gasteiger partial charge in [0.05, 0.1) is 22.4 Å². The molecule has 0 amide bonds. The van der Waals surface area contributed by atoms with Crippen molar-refractivity contribution < 1.29 is 8.42 Å². The zero-order valence-corrected chi connectivity index (χ0v) is 14.2. The number of thiazole rings is 1. The van der Waals surface area contributed by atoms with E-state index in [0.717, 1.165) is 5.01 Å². The quantitative estimate of drug-likeness (QED) is 0.824. The number of aromatic nitrogens is 3. The highest BCUT2D eigenvalue weighted by Gasteiger charge is 2.30. The molecule has 3 heterocycles. The molecule has 1 saturated heterocycles. The summed E-state index contributed by atoms with van der Waals surface area (Å²) in [5, 5.41) is 2.93. The summed E-state index contributed by atoms with van der Waals surface area (Å²) in [5.74, 6) is 0.561. The van der Waals surface area contributed by atoms with E-state index < -0.39 is 10.0 Å². The van der Waals surface area contributed by atoms with Crippen LogP contribution < -0.4 is 4.90 Å². The van der Waals surface area contributed by atoms with Gasteiger partial charge in [-0.3, -0.25) is 0 Å². The molecular formula is C12H14ClN5O2S2. The second-order valence-corrected chi connectivity index (χ2v) is 8.18. The van der Waals surface area contributed by atoms with E-state index in [2.05, 4.69) is 15.0 Å². The van der Waals surface area contributed by atoms with Crippen LogP contribution in [0.15, 0.2) is 22.8 Å². The molecule has 10 heteroatoms. The van der Waals surface area contributed by atoms with Gasteiger partial charge in [0.25, 0.3) is 10.0 Å². The lowest BCUT2D eigenvalue weighted by Gasteiger charge is -2.33. The van der Waals surface area contributed by atoms with E-state index in [1.165, 1.54) is 28.0 Å². The molecule has 0 saturated carbocycles. The molecule has 2 aromatic rings. The molecule has 0 spiro atoms. The van der Waals surface area contributed by atoms with Gasteiger partial charge in [-0.05, 0) is 6.92 Å². The van der Waals surface area contributed by atoms with Crippen LogP contribution in [0.2, 0.25) is 5.02 Å². The molecule has 1 fully saturated rings. The number of halogens is 1. The largest absolute Gasteiger partial charge is 0.338 e. The molecule has 1 aliphatic rings. The number of anilines is 1. The minimum Gasteiger partial charge on any atom is -0.338 e. The van der Waals surface area contributed by atoms with E-state index in [4.69, 9.17) is 11.6 Å². The van der Waals surface area contributed by atoms with Crippen molar-refractivity contribution in [2.75, 3.05) is 31.1 Å². The number of nitrogens with zero attached hydrogens (tertiary/aromatic N) is 5. The van der Waals surface area contributed by atoms with Crippen LogP contribution >= 0.6 is 22.9 Å². The monoisotopic (exact) mass is 359 g/mol. The lowest BCUT2D eigenvalue weighted by atomic mass is 10.4. The summed E-state index contributed by atoms with van der Waals surface area (Å²) in [4.78, 5) is 14.3. The highest BCUT2D eigenvalue weighted by atomic mass is 35.5. The fourth-order valence-corrected chi connectivity index (χ4v) is 4.61. The van der Waals surface area contributed by atoms with E-state index in [-0.39, 0.29) is 5.03 Å². The molecule has 3 rings (SSSR count). The van der Waals surface area contributed by atoms with Crippen molar-refractivity contribution in [1.29, 1.82) is 0 Å². The Bertz CT molecular complexity index is 754. The molecule has 0 atom stereocenters. The van der Waals surface area contributed by atoms with Crippen molar-refractivity contribution in [3.05, 3.63) is 27.8 Å². The minimum atomic E-state index is -3.51. The fraction of sp³-hybridized carbons (Fsp3) is 0.417. The highest BCUT2D eigenvalue weighted by Crippen LogP contribution is 2.21. The van der Waals surface area contributed by atoms with E-state index in [1.807, 2.05) is 4.90 Å². The maximum Gasteiger partial charge on any atom is 0.261 e. The van der Waals surface area contributed by atoms with Crippen LogP contribution in [0.3, 0.4) is 0 Å². The van der Waals surface area contributed by atoms with Crippen molar-refractivity contribution in [2.45, 2.75) is 11.9 Å². The van der Waals surface area contributed by atoms with Gasteiger partial charge in [0.2, 0.25) is 5.95 Å². The Morgan fingerprint density at radius 2 is 1.82 bits per heavy atom. The summed E-state index contributed by atoms with van der Waals surface area (Å²) in [6.45, 7) is 3.61. The van der Waals surface area contributed by atoms with Crippen LogP contribution in [0.4, 0.5) is 5.95 Å². The van der Waals surface area contributed by atoms with Crippen molar-refractivity contribution in [2.24, 2.45) is 0 Å². The van der Waals surface area contributed by atoms with Crippen LogP contribution in [0.5, 0.6) is 0 Å². The number of rotatable bonds is 3. The second-order valence-electron chi connectivity index (χ2n) is 4.80. The van der Waals surface area contributed by atoms with Gasteiger partial charge in [0.15, 0.2) is 5.03 Å². The molecule has 2 aromatic heterocycles. The first-order valence-electron chi connectivity index (χ1n) is 6.61. The number of piperazine rings is 1. The third-order valence-corrected chi connectivity index (χ3v) is 6.23. The Morgan fingerprint density at radius 1 is 1.18 bits per heavy atom. The van der Waals surface area contributed by atoms with Crippen molar-refractivity contribution in [3.8, 4) is 0 Å². The third-order valence-electron chi connectivity index (χ3n) is 3.33. The average Bonchev–Trinajstić information content (AvgIpc) is 2.96. The second kappa shape index (κ2) is 6.07. The Hall–Kier alpha value is -1.29. The summed E-state index contributed by atoms with van der Waals surface area (Å²) in [5.41, 5.74) is 0. The van der Waals surface area contributed by atoms with E-state index >= 15 is 0 Å². The maximum absolute atomic E-state index is 12.5. The Balaban J connectivity index is 1.70. The predicted octanol–water partition coefficient (Wildman–Crippen LogP) is 1.41. The molecule has 0 aliphatic carbocycles. The first-order valence-corrected chi connectivity index (χ1v) is 9.31. The molecule has 0 N–H and O–H groups in total. The Labute approximate surface area is 137 Å². The number of hydrogen-bond donors (Lipinski definition) is 0. The van der Waals surface area contributed by atoms with Crippen LogP contribution in [-0.2, 0) is 10.0 Å². The Morgan fingerprint density at radius 3 is 2.36 bits per heavy atom. The topological polar surface area (TPSA) is 79.3 Å². The highest BCUT2D eigenvalue weighted by molar-refractivity contribution is 7.89. The summed E-state index contributed by atoms with van der Waals surface area (Å²) in [7, 11) is -3.51. The first kappa shape index (κ1) is 15.6. The van der Waals surface area contributed by atoms with Crippen molar-refractivity contribution in [1.82, 2.24) is 19.3 Å². The fourth-order valence-electron chi connectivity index (χ4n) is 2.19. The van der Waals surface area contributed by atoms with Crippen molar-refractivity contribution in [3.63, 3.8) is 0 Å². The van der Waals surface area contributed by atoms with Crippen LogP contribution in [0, 0.1) is 6.92 Å². The molecular weight excluding hydrogens is 346 g/mol. The van der Waals surface area contributed by atoms with Gasteiger partial charge in [0, 0.05) is 31.6 Å². The van der Waals surface area contributed by atoms with E-state index in [0.29, 0.717) is 37.1 Å². The predicted molar refractivity (Wildman–Crippen MR) is 84.9 cm³/mol. The normalized spacial score (nSPS) is 16.9. The first-order chi connectivity index (χ1) is 10.5. The lowest BCUT2D eigenvalue weighted by Crippen LogP contribution is -2.49. The van der Waals surface area contributed by atoms with Gasteiger partial charge in [-0.25, -0.2) is 23.4 Å².